The second kappa shape index (κ2) is 7.05. The van der Waals surface area contributed by atoms with Crippen LogP contribution in [0.15, 0.2) is 24.3 Å². The molecule has 146 valence electrons. The van der Waals surface area contributed by atoms with E-state index in [0.29, 0.717) is 11.1 Å². The summed E-state index contributed by atoms with van der Waals surface area (Å²) in [6, 6.07) is 7.78. The first kappa shape index (κ1) is 19.5. The molecule has 1 N–H and O–H groups in total. The number of fused-ring (bicyclic) bond motifs is 1. The van der Waals surface area contributed by atoms with E-state index in [9.17, 15) is 24.4 Å². The van der Waals surface area contributed by atoms with Crippen LogP contribution in [-0.2, 0) is 28.7 Å². The SMILES string of the molecule is COC(=O)C[C@@]1(C(=O)OC)N[C@H](c2cccc(C#N)c2)[C@@H]2C(=O)N(C)C(=O)[C@@H]21. The van der Waals surface area contributed by atoms with Crippen molar-refractivity contribution in [1.82, 2.24) is 10.2 Å². The molecule has 0 aromatic heterocycles. The number of hydrogen-bond donors (Lipinski definition) is 1. The molecule has 0 saturated carbocycles. The van der Waals surface area contributed by atoms with Crippen molar-refractivity contribution in [2.45, 2.75) is 18.0 Å². The highest BCUT2D eigenvalue weighted by Gasteiger charge is 2.68. The predicted molar refractivity (Wildman–Crippen MR) is 93.2 cm³/mol. The maximum Gasteiger partial charge on any atom is 0.327 e. The van der Waals surface area contributed by atoms with Crippen molar-refractivity contribution in [3.8, 4) is 6.07 Å². The monoisotopic (exact) mass is 385 g/mol. The van der Waals surface area contributed by atoms with Crippen molar-refractivity contribution in [2.75, 3.05) is 21.3 Å². The van der Waals surface area contributed by atoms with Gasteiger partial charge in [-0.2, -0.15) is 5.26 Å². The average molecular weight is 385 g/mol. The van der Waals surface area contributed by atoms with Gasteiger partial charge >= 0.3 is 11.9 Å². The zero-order valence-corrected chi connectivity index (χ0v) is 15.6. The molecule has 9 nitrogen and oxygen atoms in total. The molecule has 1 aromatic rings. The summed E-state index contributed by atoms with van der Waals surface area (Å²) in [5, 5.41) is 12.2. The van der Waals surface area contributed by atoms with Gasteiger partial charge in [-0.1, -0.05) is 12.1 Å². The fraction of sp³-hybridized carbons (Fsp3) is 0.421. The Kier molecular flexibility index (Phi) is 4.91. The third-order valence-electron chi connectivity index (χ3n) is 5.45. The minimum atomic E-state index is -1.75. The number of benzene rings is 1. The summed E-state index contributed by atoms with van der Waals surface area (Å²) >= 11 is 0. The highest BCUT2D eigenvalue weighted by atomic mass is 16.5. The molecule has 4 atom stereocenters. The van der Waals surface area contributed by atoms with Crippen LogP contribution in [0.1, 0.15) is 23.6 Å². The third-order valence-corrected chi connectivity index (χ3v) is 5.45. The number of carbonyl (C=O) groups is 4. The van der Waals surface area contributed by atoms with Crippen molar-refractivity contribution in [2.24, 2.45) is 11.8 Å². The quantitative estimate of drug-likeness (QED) is 0.563. The minimum absolute atomic E-state index is 0.365. The van der Waals surface area contributed by atoms with E-state index in [4.69, 9.17) is 9.47 Å². The molecule has 3 rings (SSSR count). The lowest BCUT2D eigenvalue weighted by molar-refractivity contribution is -0.159. The van der Waals surface area contributed by atoms with E-state index >= 15 is 0 Å². The Hall–Kier alpha value is -3.25. The van der Waals surface area contributed by atoms with E-state index in [-0.39, 0.29) is 0 Å². The van der Waals surface area contributed by atoms with Gasteiger partial charge in [0.2, 0.25) is 11.8 Å². The summed E-state index contributed by atoms with van der Waals surface area (Å²) in [7, 11) is 3.65. The van der Waals surface area contributed by atoms with Gasteiger partial charge in [0, 0.05) is 13.1 Å². The number of nitrogens with one attached hydrogen (secondary N) is 1. The number of amides is 2. The van der Waals surface area contributed by atoms with E-state index in [2.05, 4.69) is 5.32 Å². The van der Waals surface area contributed by atoms with Gasteiger partial charge in [-0.25, -0.2) is 0 Å². The van der Waals surface area contributed by atoms with Gasteiger partial charge < -0.3 is 9.47 Å². The molecule has 2 heterocycles. The van der Waals surface area contributed by atoms with Crippen LogP contribution in [0.2, 0.25) is 0 Å². The summed E-state index contributed by atoms with van der Waals surface area (Å²) in [6.45, 7) is 0. The summed E-state index contributed by atoms with van der Waals surface area (Å²) in [4.78, 5) is 51.5. The standard InChI is InChI=1S/C19H19N3O6/c1-22-16(24)13-14(17(22)25)19(18(26)28-3,8-12(23)27-2)21-15(13)11-6-4-5-10(7-11)9-20/h4-7,13-15,21H,8H2,1-3H3/t13-,14-,15-,19-/m1/s1. The van der Waals surface area contributed by atoms with Crippen molar-refractivity contribution in [3.05, 3.63) is 35.4 Å². The van der Waals surface area contributed by atoms with Crippen LogP contribution >= 0.6 is 0 Å². The van der Waals surface area contributed by atoms with Crippen LogP contribution < -0.4 is 5.32 Å². The van der Waals surface area contributed by atoms with Crippen LogP contribution in [-0.4, -0.2) is 55.5 Å². The summed E-state index contributed by atoms with van der Waals surface area (Å²) in [5.41, 5.74) is -0.831. The molecule has 2 fully saturated rings. The van der Waals surface area contributed by atoms with Gasteiger partial charge in [0.1, 0.15) is 5.54 Å². The van der Waals surface area contributed by atoms with Crippen LogP contribution in [0.4, 0.5) is 0 Å². The fourth-order valence-corrected chi connectivity index (χ4v) is 4.14. The molecule has 0 radical (unpaired) electrons. The molecular formula is C19H19N3O6. The van der Waals surface area contributed by atoms with E-state index in [1.165, 1.54) is 14.2 Å². The second-order valence-corrected chi connectivity index (χ2v) is 6.81. The first-order chi connectivity index (χ1) is 13.3. The summed E-state index contributed by atoms with van der Waals surface area (Å²) < 4.78 is 9.60. The van der Waals surface area contributed by atoms with Gasteiger partial charge in [0.05, 0.1) is 44.1 Å². The lowest BCUT2D eigenvalue weighted by Crippen LogP contribution is -2.57. The Balaban J connectivity index is 2.17. The molecule has 0 aliphatic carbocycles. The fourth-order valence-electron chi connectivity index (χ4n) is 4.14. The maximum absolute atomic E-state index is 12.9. The van der Waals surface area contributed by atoms with E-state index in [1.54, 1.807) is 24.3 Å². The molecule has 0 bridgehead atoms. The lowest BCUT2D eigenvalue weighted by atomic mass is 9.77. The number of rotatable bonds is 4. The number of nitriles is 1. The van der Waals surface area contributed by atoms with Crippen molar-refractivity contribution in [3.63, 3.8) is 0 Å². The molecule has 1 aromatic carbocycles. The van der Waals surface area contributed by atoms with Crippen LogP contribution in [0.3, 0.4) is 0 Å². The number of nitrogens with zero attached hydrogens (tertiary/aromatic N) is 2. The van der Waals surface area contributed by atoms with Gasteiger partial charge in [-0.3, -0.25) is 29.4 Å². The maximum atomic E-state index is 12.9. The van der Waals surface area contributed by atoms with Crippen LogP contribution in [0, 0.1) is 23.2 Å². The Labute approximate surface area is 161 Å². The summed E-state index contributed by atoms with van der Waals surface area (Å²) in [6.07, 6.45) is -0.474. The number of imide groups is 1. The third kappa shape index (κ3) is 2.73. The molecule has 0 unspecified atom stereocenters. The molecule has 2 saturated heterocycles. The zero-order valence-electron chi connectivity index (χ0n) is 15.6. The minimum Gasteiger partial charge on any atom is -0.469 e. The number of methoxy groups -OCH3 is 2. The number of hydrogen-bond acceptors (Lipinski definition) is 8. The zero-order chi connectivity index (χ0) is 20.6. The molecular weight excluding hydrogens is 366 g/mol. The highest BCUT2D eigenvalue weighted by Crippen LogP contribution is 2.50. The van der Waals surface area contributed by atoms with Gasteiger partial charge in [-0.05, 0) is 17.7 Å². The number of likely N-dealkylation sites (tertiary alicyclic amines) is 1. The van der Waals surface area contributed by atoms with Crippen molar-refractivity contribution < 1.29 is 28.7 Å². The van der Waals surface area contributed by atoms with E-state index in [1.807, 2.05) is 6.07 Å². The molecule has 2 aliphatic heterocycles. The van der Waals surface area contributed by atoms with Gasteiger partial charge in [0.15, 0.2) is 0 Å². The smallest absolute Gasteiger partial charge is 0.327 e. The Bertz CT molecular complexity index is 907. The van der Waals surface area contributed by atoms with Crippen LogP contribution in [0.25, 0.3) is 0 Å². The second-order valence-electron chi connectivity index (χ2n) is 6.81. The van der Waals surface area contributed by atoms with Crippen molar-refractivity contribution >= 4 is 23.8 Å². The Morgan fingerprint density at radius 3 is 2.57 bits per heavy atom. The Morgan fingerprint density at radius 1 is 1.25 bits per heavy atom. The van der Waals surface area contributed by atoms with E-state index < -0.39 is 53.6 Å². The van der Waals surface area contributed by atoms with Gasteiger partial charge in [0.25, 0.3) is 0 Å². The lowest BCUT2D eigenvalue weighted by Gasteiger charge is -2.31. The molecule has 2 amide bonds. The van der Waals surface area contributed by atoms with Gasteiger partial charge in [-0.15, -0.1) is 0 Å². The van der Waals surface area contributed by atoms with Crippen LogP contribution in [0.5, 0.6) is 0 Å². The number of esters is 2. The first-order valence-corrected chi connectivity index (χ1v) is 8.55. The first-order valence-electron chi connectivity index (χ1n) is 8.55. The molecule has 2 aliphatic rings. The molecule has 9 heteroatoms. The largest absolute Gasteiger partial charge is 0.469 e. The number of ether oxygens (including phenoxy) is 2. The average Bonchev–Trinajstić information content (AvgIpc) is 3.17. The molecule has 0 spiro atoms. The Morgan fingerprint density at radius 2 is 1.96 bits per heavy atom. The normalized spacial score (nSPS) is 28.6. The highest BCUT2D eigenvalue weighted by molar-refractivity contribution is 6.10. The topological polar surface area (TPSA) is 126 Å². The number of carbonyl (C=O) groups excluding carboxylic acids is 4. The predicted octanol–water partition coefficient (Wildman–Crippen LogP) is -0.0915. The molecule has 28 heavy (non-hydrogen) atoms. The van der Waals surface area contributed by atoms with E-state index in [0.717, 1.165) is 12.0 Å². The van der Waals surface area contributed by atoms with Crippen molar-refractivity contribution in [1.29, 1.82) is 5.26 Å². The summed E-state index contributed by atoms with van der Waals surface area (Å²) in [5.74, 6) is -4.65.